The molecule has 0 aliphatic heterocycles. The third-order valence-electron chi connectivity index (χ3n) is 4.99. The van der Waals surface area contributed by atoms with Gasteiger partial charge in [-0.15, -0.1) is 0 Å². The Labute approximate surface area is 147 Å². The normalized spacial score (nSPS) is 14.4. The number of nitrogens with zero attached hydrogens (tertiary/aromatic N) is 1. The number of carboxylic acid groups (broad SMARTS) is 1. The summed E-state index contributed by atoms with van der Waals surface area (Å²) in [6.07, 6.45) is 8.56. The van der Waals surface area contributed by atoms with E-state index < -0.39 is 11.8 Å². The Morgan fingerprint density at radius 1 is 1.28 bits per heavy atom. The van der Waals surface area contributed by atoms with Crippen molar-refractivity contribution in [3.63, 3.8) is 0 Å². The number of ether oxygens (including phenoxy) is 1. The maximum Gasteiger partial charge on any atom is 0.377 e. The van der Waals surface area contributed by atoms with E-state index in [0.29, 0.717) is 23.7 Å². The lowest BCUT2D eigenvalue weighted by molar-refractivity contribution is -0.131. The summed E-state index contributed by atoms with van der Waals surface area (Å²) in [6.45, 7) is 3.60. The molecule has 134 valence electrons. The van der Waals surface area contributed by atoms with Gasteiger partial charge in [-0.25, -0.2) is 4.79 Å². The van der Waals surface area contributed by atoms with Gasteiger partial charge in [-0.2, -0.15) is 0 Å². The zero-order valence-corrected chi connectivity index (χ0v) is 14.7. The minimum atomic E-state index is -1.42. The SMILES string of the molecule is CCCCCOc1ccc2c(c1)c(C(=O)C(=O)O)cn2CC1CCC1. The van der Waals surface area contributed by atoms with Gasteiger partial charge in [0.05, 0.1) is 12.2 Å². The number of Topliss-reactive ketones (excluding diaryl/α,β-unsaturated/α-hetero) is 1. The number of carbonyl (C=O) groups is 2. The highest BCUT2D eigenvalue weighted by atomic mass is 16.5. The van der Waals surface area contributed by atoms with Gasteiger partial charge in [-0.1, -0.05) is 26.2 Å². The minimum absolute atomic E-state index is 0.251. The van der Waals surface area contributed by atoms with Gasteiger partial charge in [0, 0.05) is 23.6 Å². The van der Waals surface area contributed by atoms with E-state index >= 15 is 0 Å². The Balaban J connectivity index is 1.90. The van der Waals surface area contributed by atoms with Crippen molar-refractivity contribution in [1.82, 2.24) is 4.57 Å². The molecular formula is C20H25NO4. The molecule has 0 spiro atoms. The van der Waals surface area contributed by atoms with E-state index in [1.54, 1.807) is 12.3 Å². The highest BCUT2D eigenvalue weighted by Crippen LogP contribution is 2.32. The highest BCUT2D eigenvalue weighted by molar-refractivity contribution is 6.42. The molecule has 0 bridgehead atoms. The number of aliphatic carboxylic acids is 1. The molecule has 5 nitrogen and oxygen atoms in total. The van der Waals surface area contributed by atoms with E-state index in [2.05, 4.69) is 6.92 Å². The van der Waals surface area contributed by atoms with Crippen molar-refractivity contribution in [1.29, 1.82) is 0 Å². The number of hydrogen-bond acceptors (Lipinski definition) is 3. The number of aromatic nitrogens is 1. The summed E-state index contributed by atoms with van der Waals surface area (Å²) in [7, 11) is 0. The van der Waals surface area contributed by atoms with Crippen LogP contribution in [0.2, 0.25) is 0 Å². The number of ketones is 1. The quantitative estimate of drug-likeness (QED) is 0.419. The predicted octanol–water partition coefficient (Wildman–Crippen LogP) is 4.28. The van der Waals surface area contributed by atoms with E-state index in [0.717, 1.165) is 31.3 Å². The monoisotopic (exact) mass is 343 g/mol. The molecule has 0 amide bonds. The van der Waals surface area contributed by atoms with Crippen LogP contribution in [0, 0.1) is 5.92 Å². The number of rotatable bonds is 9. The van der Waals surface area contributed by atoms with Gasteiger partial charge in [-0.05, 0) is 43.4 Å². The van der Waals surface area contributed by atoms with Crippen LogP contribution in [0.4, 0.5) is 0 Å². The van der Waals surface area contributed by atoms with Gasteiger partial charge >= 0.3 is 5.97 Å². The van der Waals surface area contributed by atoms with Crippen molar-refractivity contribution in [2.75, 3.05) is 6.61 Å². The average Bonchev–Trinajstić information content (AvgIpc) is 2.92. The number of hydrogen-bond donors (Lipinski definition) is 1. The Hall–Kier alpha value is -2.30. The average molecular weight is 343 g/mol. The van der Waals surface area contributed by atoms with Gasteiger partial charge < -0.3 is 14.4 Å². The van der Waals surface area contributed by atoms with E-state index in [-0.39, 0.29) is 5.56 Å². The first-order valence-electron chi connectivity index (χ1n) is 9.13. The molecule has 1 fully saturated rings. The lowest BCUT2D eigenvalue weighted by atomic mass is 9.85. The minimum Gasteiger partial charge on any atom is -0.494 e. The van der Waals surface area contributed by atoms with E-state index in [1.807, 2.05) is 16.7 Å². The van der Waals surface area contributed by atoms with Crippen LogP contribution in [0.1, 0.15) is 55.8 Å². The summed E-state index contributed by atoms with van der Waals surface area (Å²) in [5, 5.41) is 9.79. The summed E-state index contributed by atoms with van der Waals surface area (Å²) in [4.78, 5) is 23.3. The van der Waals surface area contributed by atoms with Crippen molar-refractivity contribution in [2.45, 2.75) is 52.0 Å². The summed E-state index contributed by atoms with van der Waals surface area (Å²) in [6, 6.07) is 5.64. The molecule has 0 atom stereocenters. The lowest BCUT2D eigenvalue weighted by Crippen LogP contribution is -2.17. The topological polar surface area (TPSA) is 68.5 Å². The highest BCUT2D eigenvalue weighted by Gasteiger charge is 2.24. The van der Waals surface area contributed by atoms with Crippen LogP contribution in [0.25, 0.3) is 10.9 Å². The molecule has 1 aromatic carbocycles. The van der Waals surface area contributed by atoms with Gasteiger partial charge in [0.15, 0.2) is 0 Å². The van der Waals surface area contributed by atoms with Gasteiger partial charge in [-0.3, -0.25) is 4.79 Å². The van der Waals surface area contributed by atoms with Crippen LogP contribution in [-0.2, 0) is 11.3 Å². The maximum absolute atomic E-state index is 12.1. The van der Waals surface area contributed by atoms with Crippen LogP contribution in [0.15, 0.2) is 24.4 Å². The van der Waals surface area contributed by atoms with Crippen molar-refractivity contribution in [3.05, 3.63) is 30.0 Å². The molecule has 1 aliphatic carbocycles. The molecule has 0 radical (unpaired) electrons. The van der Waals surface area contributed by atoms with E-state index in [9.17, 15) is 9.59 Å². The summed E-state index contributed by atoms with van der Waals surface area (Å²) >= 11 is 0. The third-order valence-corrected chi connectivity index (χ3v) is 4.99. The zero-order valence-electron chi connectivity index (χ0n) is 14.7. The standard InChI is InChI=1S/C20H25NO4/c1-2-3-4-10-25-15-8-9-18-16(11-15)17(19(22)20(23)24)13-21(18)12-14-6-5-7-14/h8-9,11,13-14H,2-7,10,12H2,1H3,(H,23,24). The molecule has 0 saturated heterocycles. The number of carbonyl (C=O) groups excluding carboxylic acids is 1. The summed E-state index contributed by atoms with van der Waals surface area (Å²) in [5.74, 6) is -0.977. The maximum atomic E-state index is 12.1. The molecule has 1 aromatic heterocycles. The summed E-state index contributed by atoms with van der Waals surface area (Å²) < 4.78 is 7.79. The second-order valence-electron chi connectivity index (χ2n) is 6.86. The molecule has 3 rings (SSSR count). The Kier molecular flexibility index (Phi) is 5.41. The second-order valence-corrected chi connectivity index (χ2v) is 6.86. The first kappa shape index (κ1) is 17.5. The Morgan fingerprint density at radius 3 is 2.72 bits per heavy atom. The molecule has 2 aromatic rings. The fourth-order valence-corrected chi connectivity index (χ4v) is 3.31. The lowest BCUT2D eigenvalue weighted by Gasteiger charge is -2.26. The largest absolute Gasteiger partial charge is 0.494 e. The van der Waals surface area contributed by atoms with Crippen LogP contribution in [0.3, 0.4) is 0 Å². The molecule has 5 heteroatoms. The van der Waals surface area contributed by atoms with Crippen molar-refractivity contribution in [2.24, 2.45) is 5.92 Å². The number of unbranched alkanes of at least 4 members (excludes halogenated alkanes) is 2. The van der Waals surface area contributed by atoms with E-state index in [1.165, 1.54) is 19.3 Å². The van der Waals surface area contributed by atoms with Crippen LogP contribution in [0.5, 0.6) is 5.75 Å². The predicted molar refractivity (Wildman–Crippen MR) is 96.3 cm³/mol. The first-order chi connectivity index (χ1) is 12.1. The number of fused-ring (bicyclic) bond motifs is 1. The summed E-state index contributed by atoms with van der Waals surface area (Å²) in [5.41, 5.74) is 1.15. The molecular weight excluding hydrogens is 318 g/mol. The van der Waals surface area contributed by atoms with Crippen molar-refractivity contribution < 1.29 is 19.4 Å². The second kappa shape index (κ2) is 7.72. The van der Waals surface area contributed by atoms with Crippen molar-refractivity contribution >= 4 is 22.7 Å². The van der Waals surface area contributed by atoms with Gasteiger partial charge in [0.25, 0.3) is 5.78 Å². The third kappa shape index (κ3) is 3.86. The molecule has 25 heavy (non-hydrogen) atoms. The zero-order chi connectivity index (χ0) is 17.8. The molecule has 0 unspecified atom stereocenters. The van der Waals surface area contributed by atoms with Gasteiger partial charge in [0.2, 0.25) is 0 Å². The molecule has 1 aliphatic rings. The Morgan fingerprint density at radius 2 is 2.08 bits per heavy atom. The fourth-order valence-electron chi connectivity index (χ4n) is 3.31. The first-order valence-corrected chi connectivity index (χ1v) is 9.13. The van der Waals surface area contributed by atoms with Gasteiger partial charge in [0.1, 0.15) is 5.75 Å². The molecule has 1 heterocycles. The number of carboxylic acids is 1. The van der Waals surface area contributed by atoms with E-state index in [4.69, 9.17) is 9.84 Å². The van der Waals surface area contributed by atoms with Crippen molar-refractivity contribution in [3.8, 4) is 5.75 Å². The Bertz CT molecular complexity index is 773. The molecule has 1 saturated carbocycles. The van der Waals surface area contributed by atoms with Crippen LogP contribution < -0.4 is 4.74 Å². The van der Waals surface area contributed by atoms with Crippen LogP contribution >= 0.6 is 0 Å². The number of benzene rings is 1. The van der Waals surface area contributed by atoms with Crippen LogP contribution in [-0.4, -0.2) is 28.0 Å². The molecule has 1 N–H and O–H groups in total. The fraction of sp³-hybridized carbons (Fsp3) is 0.500. The smallest absolute Gasteiger partial charge is 0.377 e.